The lowest BCUT2D eigenvalue weighted by atomic mass is 10.1. The molecule has 0 spiro atoms. The molecule has 0 bridgehead atoms. The fraction of sp³-hybridized carbons (Fsp3) is 0.385. The number of rotatable bonds is 4. The second-order valence-electron chi connectivity index (χ2n) is 3.77. The number of nitrogens with zero attached hydrogens (tertiary/aromatic N) is 1. The summed E-state index contributed by atoms with van der Waals surface area (Å²) in [5.74, 6) is -0.00818. The van der Waals surface area contributed by atoms with Crippen molar-refractivity contribution in [2.24, 2.45) is 0 Å². The van der Waals surface area contributed by atoms with Gasteiger partial charge < -0.3 is 5.32 Å². The minimum Gasteiger partial charge on any atom is -0.346 e. The summed E-state index contributed by atoms with van der Waals surface area (Å²) in [7, 11) is 0. The number of hydrogen-bond donors (Lipinski definition) is 1. The molecule has 86 valence electrons. The van der Waals surface area contributed by atoms with Crippen LogP contribution in [0.25, 0.3) is 0 Å². The molecule has 1 N–H and O–H groups in total. The number of aromatic nitrogens is 1. The summed E-state index contributed by atoms with van der Waals surface area (Å²) in [6.07, 6.45) is 6.26. The van der Waals surface area contributed by atoms with Gasteiger partial charge in [-0.05, 0) is 38.0 Å². The summed E-state index contributed by atoms with van der Waals surface area (Å²) in [4.78, 5) is 15.7. The van der Waals surface area contributed by atoms with Crippen molar-refractivity contribution in [1.29, 1.82) is 0 Å². The van der Waals surface area contributed by atoms with E-state index in [-0.39, 0.29) is 11.9 Å². The first-order valence-corrected chi connectivity index (χ1v) is 5.52. The Hall–Kier alpha value is -1.64. The molecule has 1 rings (SSSR count). The van der Waals surface area contributed by atoms with Gasteiger partial charge in [0.05, 0.1) is 6.04 Å². The number of carbonyl (C=O) groups excluding carboxylic acids is 1. The normalized spacial score (nSPS) is 13.3. The lowest BCUT2D eigenvalue weighted by Crippen LogP contribution is -2.27. The molecule has 3 nitrogen and oxygen atoms in total. The van der Waals surface area contributed by atoms with Crippen LogP contribution in [0.2, 0.25) is 0 Å². The predicted octanol–water partition coefficient (Wildman–Crippen LogP) is 2.62. The molecule has 3 heteroatoms. The van der Waals surface area contributed by atoms with Crippen LogP contribution in [0.1, 0.15) is 38.8 Å². The summed E-state index contributed by atoms with van der Waals surface area (Å²) < 4.78 is 0. The first-order chi connectivity index (χ1) is 7.65. The Morgan fingerprint density at radius 3 is 2.69 bits per heavy atom. The van der Waals surface area contributed by atoms with Crippen LogP contribution in [0.3, 0.4) is 0 Å². The number of nitrogens with one attached hydrogen (secondary N) is 1. The molecule has 1 amide bonds. The Bertz CT molecular complexity index is 371. The number of amides is 1. The van der Waals surface area contributed by atoms with Crippen molar-refractivity contribution in [3.63, 3.8) is 0 Å². The molecule has 1 aromatic heterocycles. The topological polar surface area (TPSA) is 42.0 Å². The fourth-order valence-corrected chi connectivity index (χ4v) is 1.44. The van der Waals surface area contributed by atoms with Gasteiger partial charge in [-0.25, -0.2) is 0 Å². The zero-order valence-electron chi connectivity index (χ0n) is 10.0. The van der Waals surface area contributed by atoms with Crippen LogP contribution >= 0.6 is 0 Å². The lowest BCUT2D eigenvalue weighted by Gasteiger charge is -2.14. The molecule has 0 aliphatic carbocycles. The molecule has 1 aromatic rings. The van der Waals surface area contributed by atoms with Gasteiger partial charge in [-0.3, -0.25) is 9.78 Å². The highest BCUT2D eigenvalue weighted by atomic mass is 16.1. The zero-order valence-corrected chi connectivity index (χ0v) is 10.0. The fourth-order valence-electron chi connectivity index (χ4n) is 1.44. The third-order valence-corrected chi connectivity index (χ3v) is 2.42. The zero-order chi connectivity index (χ0) is 12.0. The Labute approximate surface area is 96.6 Å². The van der Waals surface area contributed by atoms with E-state index in [1.807, 2.05) is 39.0 Å². The van der Waals surface area contributed by atoms with Crippen LogP contribution in [0, 0.1) is 0 Å². The van der Waals surface area contributed by atoms with E-state index in [0.29, 0.717) is 0 Å². The molecular weight excluding hydrogens is 200 g/mol. The molecule has 1 heterocycles. The molecule has 0 saturated carbocycles. The van der Waals surface area contributed by atoms with Crippen molar-refractivity contribution in [3.05, 3.63) is 41.7 Å². The Morgan fingerprint density at radius 2 is 2.12 bits per heavy atom. The van der Waals surface area contributed by atoms with E-state index in [0.717, 1.165) is 17.6 Å². The lowest BCUT2D eigenvalue weighted by molar-refractivity contribution is -0.118. The van der Waals surface area contributed by atoms with Gasteiger partial charge in [0.15, 0.2) is 0 Å². The van der Waals surface area contributed by atoms with Crippen molar-refractivity contribution in [2.75, 3.05) is 0 Å². The van der Waals surface area contributed by atoms with Crippen molar-refractivity contribution in [1.82, 2.24) is 10.3 Å². The first kappa shape index (κ1) is 12.4. The molecule has 1 atom stereocenters. The highest BCUT2D eigenvalue weighted by Crippen LogP contribution is 2.11. The van der Waals surface area contributed by atoms with E-state index in [1.165, 1.54) is 0 Å². The van der Waals surface area contributed by atoms with Crippen molar-refractivity contribution >= 4 is 5.91 Å². The summed E-state index contributed by atoms with van der Waals surface area (Å²) in [5, 5.41) is 2.95. The number of pyridine rings is 1. The van der Waals surface area contributed by atoms with Gasteiger partial charge in [0.25, 0.3) is 0 Å². The average Bonchev–Trinajstić information content (AvgIpc) is 2.30. The van der Waals surface area contributed by atoms with Gasteiger partial charge in [-0.15, -0.1) is 0 Å². The van der Waals surface area contributed by atoms with Crippen LogP contribution in [-0.2, 0) is 4.79 Å². The van der Waals surface area contributed by atoms with E-state index in [4.69, 9.17) is 0 Å². The van der Waals surface area contributed by atoms with Gasteiger partial charge in [0.2, 0.25) is 5.91 Å². The minimum atomic E-state index is -0.00818. The third-order valence-electron chi connectivity index (χ3n) is 2.42. The SMILES string of the molecule is CC/C=C(\C)C(=O)NC(C)c1ccncc1. The molecule has 0 aliphatic rings. The van der Waals surface area contributed by atoms with E-state index in [2.05, 4.69) is 10.3 Å². The quantitative estimate of drug-likeness (QED) is 0.789. The van der Waals surface area contributed by atoms with E-state index < -0.39 is 0 Å². The van der Waals surface area contributed by atoms with Crippen LogP contribution < -0.4 is 5.32 Å². The molecule has 1 unspecified atom stereocenters. The molecule has 0 fully saturated rings. The predicted molar refractivity (Wildman–Crippen MR) is 64.8 cm³/mol. The first-order valence-electron chi connectivity index (χ1n) is 5.52. The maximum atomic E-state index is 11.7. The molecule has 0 aliphatic heterocycles. The second-order valence-corrected chi connectivity index (χ2v) is 3.77. The monoisotopic (exact) mass is 218 g/mol. The molecule has 0 saturated heterocycles. The largest absolute Gasteiger partial charge is 0.346 e. The number of hydrogen-bond acceptors (Lipinski definition) is 2. The number of carbonyl (C=O) groups is 1. The van der Waals surface area contributed by atoms with Crippen molar-refractivity contribution in [2.45, 2.75) is 33.2 Å². The summed E-state index contributed by atoms with van der Waals surface area (Å²) in [6, 6.07) is 3.82. The molecular formula is C13H18N2O. The highest BCUT2D eigenvalue weighted by molar-refractivity contribution is 5.92. The second kappa shape index (κ2) is 6.05. The molecule has 16 heavy (non-hydrogen) atoms. The van der Waals surface area contributed by atoms with E-state index in [1.54, 1.807) is 12.4 Å². The highest BCUT2D eigenvalue weighted by Gasteiger charge is 2.09. The maximum absolute atomic E-state index is 11.7. The smallest absolute Gasteiger partial charge is 0.247 e. The van der Waals surface area contributed by atoms with Gasteiger partial charge in [-0.1, -0.05) is 13.0 Å². The number of allylic oxidation sites excluding steroid dienone is 1. The summed E-state index contributed by atoms with van der Waals surface area (Å²) in [6.45, 7) is 5.81. The molecule has 0 radical (unpaired) electrons. The minimum absolute atomic E-state index is 0.00818. The van der Waals surface area contributed by atoms with E-state index >= 15 is 0 Å². The van der Waals surface area contributed by atoms with Gasteiger partial charge in [0.1, 0.15) is 0 Å². The standard InChI is InChI=1S/C13H18N2O/c1-4-5-10(2)13(16)15-11(3)12-6-8-14-9-7-12/h5-9,11H,4H2,1-3H3,(H,15,16)/b10-5+. The van der Waals surface area contributed by atoms with Crippen molar-refractivity contribution in [3.8, 4) is 0 Å². The molecule has 0 aromatic carbocycles. The third kappa shape index (κ3) is 3.50. The summed E-state index contributed by atoms with van der Waals surface area (Å²) >= 11 is 0. The average molecular weight is 218 g/mol. The van der Waals surface area contributed by atoms with Crippen molar-refractivity contribution < 1.29 is 4.79 Å². The maximum Gasteiger partial charge on any atom is 0.247 e. The van der Waals surface area contributed by atoms with Crippen LogP contribution in [0.5, 0.6) is 0 Å². The van der Waals surface area contributed by atoms with Gasteiger partial charge in [0, 0.05) is 18.0 Å². The van der Waals surface area contributed by atoms with E-state index in [9.17, 15) is 4.79 Å². The Morgan fingerprint density at radius 1 is 1.50 bits per heavy atom. The van der Waals surface area contributed by atoms with Gasteiger partial charge >= 0.3 is 0 Å². The van der Waals surface area contributed by atoms with Crippen LogP contribution in [0.15, 0.2) is 36.2 Å². The van der Waals surface area contributed by atoms with Crippen LogP contribution in [0.4, 0.5) is 0 Å². The Balaban J connectivity index is 2.62. The summed E-state index contributed by atoms with van der Waals surface area (Å²) in [5.41, 5.74) is 1.83. The Kier molecular flexibility index (Phi) is 4.70. The van der Waals surface area contributed by atoms with Gasteiger partial charge in [-0.2, -0.15) is 0 Å². The van der Waals surface area contributed by atoms with Crippen LogP contribution in [-0.4, -0.2) is 10.9 Å².